The molecule has 21 heavy (non-hydrogen) atoms. The normalized spacial score (nSPS) is 21.4. The third kappa shape index (κ3) is 3.22. The number of rotatable bonds is 2. The monoisotopic (exact) mass is 303 g/mol. The lowest BCUT2D eigenvalue weighted by molar-refractivity contribution is -0.143. The molecule has 0 aliphatic carbocycles. The van der Waals surface area contributed by atoms with Crippen LogP contribution in [0.15, 0.2) is 6.07 Å². The number of nitrogens with zero attached hydrogens (tertiary/aromatic N) is 3. The van der Waals surface area contributed by atoms with E-state index in [0.717, 1.165) is 25.3 Å². The molecule has 1 aliphatic heterocycles. The molecule has 1 saturated heterocycles. The fraction of sp³-hybridized carbons (Fsp3) is 0.714. The van der Waals surface area contributed by atoms with Crippen LogP contribution in [0.3, 0.4) is 0 Å². The Hall–Kier alpha value is -1.53. The molecular formula is C14H20F3N3O. The van der Waals surface area contributed by atoms with E-state index >= 15 is 0 Å². The number of halogens is 3. The minimum atomic E-state index is -4.49. The Labute approximate surface area is 121 Å². The number of hydrogen-bond donors (Lipinski definition) is 0. The molecule has 2 heterocycles. The van der Waals surface area contributed by atoms with Gasteiger partial charge in [0.2, 0.25) is 5.91 Å². The lowest BCUT2D eigenvalue weighted by Gasteiger charge is -2.35. The summed E-state index contributed by atoms with van der Waals surface area (Å²) in [5, 5.41) is 3.57. The quantitative estimate of drug-likeness (QED) is 0.841. The molecule has 0 spiro atoms. The summed E-state index contributed by atoms with van der Waals surface area (Å²) in [5.74, 6) is -0.165. The first-order valence-corrected chi connectivity index (χ1v) is 7.15. The third-order valence-corrected chi connectivity index (χ3v) is 4.02. The zero-order valence-corrected chi connectivity index (χ0v) is 12.4. The Morgan fingerprint density at radius 1 is 1.43 bits per heavy atom. The summed E-state index contributed by atoms with van der Waals surface area (Å²) < 4.78 is 39.2. The van der Waals surface area contributed by atoms with Gasteiger partial charge in [-0.25, -0.2) is 0 Å². The molecule has 2 unspecified atom stereocenters. The van der Waals surface area contributed by atoms with Gasteiger partial charge >= 0.3 is 6.18 Å². The minimum Gasteiger partial charge on any atom is -0.338 e. The maximum absolute atomic E-state index is 12.7. The van der Waals surface area contributed by atoms with Crippen molar-refractivity contribution in [2.45, 2.75) is 58.3 Å². The summed E-state index contributed by atoms with van der Waals surface area (Å²) in [5.41, 5.74) is -0.612. The molecule has 0 radical (unpaired) electrons. The lowest BCUT2D eigenvalue weighted by atomic mass is 10.0. The fourth-order valence-corrected chi connectivity index (χ4v) is 2.79. The first kappa shape index (κ1) is 15.9. The van der Waals surface area contributed by atoms with Crippen LogP contribution in [-0.4, -0.2) is 33.2 Å². The van der Waals surface area contributed by atoms with E-state index in [1.165, 1.54) is 11.6 Å². The average Bonchev–Trinajstić information content (AvgIpc) is 2.80. The Kier molecular flexibility index (Phi) is 4.30. The zero-order chi connectivity index (χ0) is 15.8. The Morgan fingerprint density at radius 3 is 2.62 bits per heavy atom. The zero-order valence-electron chi connectivity index (χ0n) is 12.4. The first-order chi connectivity index (χ1) is 9.71. The van der Waals surface area contributed by atoms with Crippen molar-refractivity contribution in [2.75, 3.05) is 6.54 Å². The number of hydrogen-bond acceptors (Lipinski definition) is 2. The minimum absolute atomic E-state index is 0.131. The van der Waals surface area contributed by atoms with Crippen molar-refractivity contribution < 1.29 is 18.0 Å². The molecule has 1 fully saturated rings. The van der Waals surface area contributed by atoms with E-state index in [-0.39, 0.29) is 11.9 Å². The molecule has 0 bridgehead atoms. The highest BCUT2D eigenvalue weighted by molar-refractivity contribution is 5.80. The van der Waals surface area contributed by atoms with Gasteiger partial charge in [0.1, 0.15) is 6.04 Å². The summed E-state index contributed by atoms with van der Waals surface area (Å²) in [6, 6.07) is 0.386. The van der Waals surface area contributed by atoms with Crippen molar-refractivity contribution in [1.82, 2.24) is 14.7 Å². The molecule has 2 atom stereocenters. The molecule has 0 aromatic carbocycles. The first-order valence-electron chi connectivity index (χ1n) is 7.15. The maximum atomic E-state index is 12.7. The van der Waals surface area contributed by atoms with Gasteiger partial charge in [-0.3, -0.25) is 9.48 Å². The van der Waals surface area contributed by atoms with Crippen LogP contribution in [0.1, 0.15) is 50.5 Å². The van der Waals surface area contributed by atoms with Crippen molar-refractivity contribution in [3.63, 3.8) is 0 Å². The van der Waals surface area contributed by atoms with Gasteiger partial charge in [0.15, 0.2) is 5.69 Å². The SMILES string of the molecule is Cc1cc(C(F)(F)F)nn1C(C)C(=O)N1CCCCC1C. The van der Waals surface area contributed by atoms with Crippen LogP contribution >= 0.6 is 0 Å². The summed E-state index contributed by atoms with van der Waals surface area (Å²) in [4.78, 5) is 14.3. The number of alkyl halides is 3. The van der Waals surface area contributed by atoms with E-state index in [2.05, 4.69) is 5.10 Å². The van der Waals surface area contributed by atoms with Crippen LogP contribution in [0.25, 0.3) is 0 Å². The summed E-state index contributed by atoms with van der Waals surface area (Å²) in [6.07, 6.45) is -1.53. The predicted molar refractivity (Wildman–Crippen MR) is 71.7 cm³/mol. The molecule has 1 aromatic rings. The number of piperidine rings is 1. The van der Waals surface area contributed by atoms with Gasteiger partial charge in [-0.15, -0.1) is 0 Å². The smallest absolute Gasteiger partial charge is 0.338 e. The van der Waals surface area contributed by atoms with Crippen LogP contribution < -0.4 is 0 Å². The molecule has 1 aliphatic rings. The number of carbonyl (C=O) groups is 1. The van der Waals surface area contributed by atoms with Gasteiger partial charge in [-0.1, -0.05) is 0 Å². The average molecular weight is 303 g/mol. The van der Waals surface area contributed by atoms with Crippen molar-refractivity contribution >= 4 is 5.91 Å². The molecular weight excluding hydrogens is 283 g/mol. The van der Waals surface area contributed by atoms with Crippen LogP contribution in [0.4, 0.5) is 13.2 Å². The van der Waals surface area contributed by atoms with Crippen LogP contribution in [0.5, 0.6) is 0 Å². The highest BCUT2D eigenvalue weighted by Gasteiger charge is 2.36. The van der Waals surface area contributed by atoms with E-state index in [1.54, 1.807) is 11.8 Å². The second-order valence-electron chi connectivity index (χ2n) is 5.67. The van der Waals surface area contributed by atoms with Gasteiger partial charge in [-0.2, -0.15) is 18.3 Å². The Bertz CT molecular complexity index is 524. The second-order valence-corrected chi connectivity index (χ2v) is 5.67. The van der Waals surface area contributed by atoms with Gasteiger partial charge in [-0.05, 0) is 46.1 Å². The molecule has 4 nitrogen and oxygen atoms in total. The summed E-state index contributed by atoms with van der Waals surface area (Å²) in [6.45, 7) is 5.77. The van der Waals surface area contributed by atoms with Crippen LogP contribution in [-0.2, 0) is 11.0 Å². The maximum Gasteiger partial charge on any atom is 0.435 e. The second kappa shape index (κ2) is 5.69. The van der Waals surface area contributed by atoms with Crippen molar-refractivity contribution in [2.24, 2.45) is 0 Å². The summed E-state index contributed by atoms with van der Waals surface area (Å²) >= 11 is 0. The number of aryl methyl sites for hydroxylation is 1. The Balaban J connectivity index is 2.21. The number of likely N-dealkylation sites (tertiary alicyclic amines) is 1. The van der Waals surface area contributed by atoms with Gasteiger partial charge in [0.05, 0.1) is 0 Å². The standard InChI is InChI=1S/C14H20F3N3O/c1-9-6-4-5-7-19(9)13(21)11(3)20-10(2)8-12(18-20)14(15,16)17/h8-9,11H,4-7H2,1-3H3. The molecule has 1 aromatic heterocycles. The number of aromatic nitrogens is 2. The van der Waals surface area contributed by atoms with Crippen LogP contribution in [0.2, 0.25) is 0 Å². The van der Waals surface area contributed by atoms with E-state index in [4.69, 9.17) is 0 Å². The molecule has 7 heteroatoms. The molecule has 0 N–H and O–H groups in total. The van der Waals surface area contributed by atoms with E-state index < -0.39 is 17.9 Å². The van der Waals surface area contributed by atoms with E-state index in [1.807, 2.05) is 6.92 Å². The van der Waals surface area contributed by atoms with Gasteiger partial charge in [0.25, 0.3) is 0 Å². The van der Waals surface area contributed by atoms with Gasteiger partial charge < -0.3 is 4.90 Å². The van der Waals surface area contributed by atoms with Crippen molar-refractivity contribution in [3.8, 4) is 0 Å². The number of amides is 1. The topological polar surface area (TPSA) is 38.1 Å². The van der Waals surface area contributed by atoms with Crippen molar-refractivity contribution in [1.29, 1.82) is 0 Å². The van der Waals surface area contributed by atoms with E-state index in [0.29, 0.717) is 12.2 Å². The highest BCUT2D eigenvalue weighted by Crippen LogP contribution is 2.30. The van der Waals surface area contributed by atoms with E-state index in [9.17, 15) is 18.0 Å². The largest absolute Gasteiger partial charge is 0.435 e. The highest BCUT2D eigenvalue weighted by atomic mass is 19.4. The molecule has 0 saturated carbocycles. The third-order valence-electron chi connectivity index (χ3n) is 4.02. The predicted octanol–water partition coefficient (Wildman–Crippen LogP) is 3.17. The number of carbonyl (C=O) groups excluding carboxylic acids is 1. The fourth-order valence-electron chi connectivity index (χ4n) is 2.79. The molecule has 2 rings (SSSR count). The van der Waals surface area contributed by atoms with Gasteiger partial charge in [0, 0.05) is 18.3 Å². The molecule has 118 valence electrons. The van der Waals surface area contributed by atoms with Crippen molar-refractivity contribution in [3.05, 3.63) is 17.5 Å². The molecule has 1 amide bonds. The Morgan fingerprint density at radius 2 is 2.10 bits per heavy atom. The summed E-state index contributed by atoms with van der Waals surface area (Å²) in [7, 11) is 0. The lowest BCUT2D eigenvalue weighted by Crippen LogP contribution is -2.45. The van der Waals surface area contributed by atoms with Crippen LogP contribution in [0, 0.1) is 6.92 Å².